The molecular formula is C13H11Br2NO2. The van der Waals surface area contributed by atoms with Crippen molar-refractivity contribution < 1.29 is 9.53 Å². The molecule has 1 heterocycles. The Bertz CT molecular complexity index is 584. The number of alkyl halides is 2. The van der Waals surface area contributed by atoms with Crippen LogP contribution in [0.2, 0.25) is 0 Å². The van der Waals surface area contributed by atoms with Gasteiger partial charge in [0.05, 0.1) is 21.4 Å². The van der Waals surface area contributed by atoms with Crippen molar-refractivity contribution in [2.24, 2.45) is 0 Å². The number of rotatable bonds is 3. The van der Waals surface area contributed by atoms with Gasteiger partial charge in [-0.05, 0) is 13.0 Å². The smallest absolute Gasteiger partial charge is 0.340 e. The molecule has 0 spiro atoms. The average Bonchev–Trinajstić information content (AvgIpc) is 2.37. The molecule has 3 nitrogen and oxygen atoms in total. The number of carbonyl (C=O) groups is 1. The van der Waals surface area contributed by atoms with Gasteiger partial charge in [0.15, 0.2) is 0 Å². The molecule has 0 saturated heterocycles. The second kappa shape index (κ2) is 5.80. The Morgan fingerprint density at radius 2 is 2.11 bits per heavy atom. The van der Waals surface area contributed by atoms with Gasteiger partial charge < -0.3 is 4.74 Å². The minimum absolute atomic E-state index is 0.127. The van der Waals surface area contributed by atoms with Crippen LogP contribution in [-0.2, 0) is 4.74 Å². The number of nitrogens with zero attached hydrogens (tertiary/aromatic N) is 1. The summed E-state index contributed by atoms with van der Waals surface area (Å²) < 4.78 is 4.92. The zero-order valence-corrected chi connectivity index (χ0v) is 12.9. The molecule has 0 unspecified atom stereocenters. The summed E-state index contributed by atoms with van der Waals surface area (Å²) in [6.45, 7) is 2.13. The van der Waals surface area contributed by atoms with E-state index < -0.39 is 0 Å². The van der Waals surface area contributed by atoms with E-state index >= 15 is 0 Å². The molecular weight excluding hydrogens is 362 g/mol. The Labute approximate surface area is 122 Å². The molecule has 1 aromatic carbocycles. The number of hydrogen-bond donors (Lipinski definition) is 0. The fourth-order valence-electron chi connectivity index (χ4n) is 1.77. The molecule has 0 saturated carbocycles. The number of esters is 1. The Morgan fingerprint density at radius 1 is 1.39 bits per heavy atom. The van der Waals surface area contributed by atoms with E-state index in [0.717, 1.165) is 16.5 Å². The van der Waals surface area contributed by atoms with Crippen molar-refractivity contribution in [1.29, 1.82) is 0 Å². The van der Waals surface area contributed by atoms with Gasteiger partial charge in [-0.15, -0.1) is 0 Å². The first-order valence-corrected chi connectivity index (χ1v) is 7.31. The third-order valence-corrected chi connectivity index (χ3v) is 3.45. The molecule has 0 atom stereocenters. The van der Waals surface area contributed by atoms with Gasteiger partial charge in [-0.3, -0.25) is 4.98 Å². The number of fused-ring (bicyclic) bond motifs is 1. The van der Waals surface area contributed by atoms with E-state index in [-0.39, 0.29) is 9.71 Å². The molecule has 0 radical (unpaired) electrons. The standard InChI is InChI=1S/C13H11Br2NO2/c1-2-18-13(17)9-7-16-10-6-4-3-5-8(10)11(9)12(14)15/h3-7,12H,2H2,1H3. The predicted molar refractivity (Wildman–Crippen MR) is 78.3 cm³/mol. The van der Waals surface area contributed by atoms with Crippen LogP contribution < -0.4 is 0 Å². The lowest BCUT2D eigenvalue weighted by molar-refractivity contribution is 0.0525. The maximum absolute atomic E-state index is 11.9. The lowest BCUT2D eigenvalue weighted by atomic mass is 10.1. The monoisotopic (exact) mass is 371 g/mol. The third-order valence-electron chi connectivity index (χ3n) is 2.53. The van der Waals surface area contributed by atoms with Crippen LogP contribution in [0.25, 0.3) is 10.9 Å². The number of halogens is 2. The molecule has 18 heavy (non-hydrogen) atoms. The summed E-state index contributed by atoms with van der Waals surface area (Å²) in [5, 5.41) is 0.932. The summed E-state index contributed by atoms with van der Waals surface area (Å²) in [5.41, 5.74) is 2.18. The van der Waals surface area contributed by atoms with Crippen LogP contribution in [0.15, 0.2) is 30.5 Å². The highest BCUT2D eigenvalue weighted by Crippen LogP contribution is 2.36. The maximum atomic E-state index is 11.9. The molecule has 2 rings (SSSR count). The summed E-state index contributed by atoms with van der Waals surface area (Å²) >= 11 is 6.91. The highest BCUT2D eigenvalue weighted by Gasteiger charge is 2.20. The average molecular weight is 373 g/mol. The van der Waals surface area contributed by atoms with Crippen molar-refractivity contribution in [3.63, 3.8) is 0 Å². The van der Waals surface area contributed by atoms with Crippen LogP contribution >= 0.6 is 31.9 Å². The van der Waals surface area contributed by atoms with Crippen molar-refractivity contribution in [3.8, 4) is 0 Å². The largest absolute Gasteiger partial charge is 0.462 e. The van der Waals surface area contributed by atoms with Crippen molar-refractivity contribution in [2.75, 3.05) is 6.61 Å². The summed E-state index contributed by atoms with van der Waals surface area (Å²) in [7, 11) is 0. The summed E-state index contributed by atoms with van der Waals surface area (Å²) in [5.74, 6) is -0.352. The van der Waals surface area contributed by atoms with Crippen LogP contribution in [0.5, 0.6) is 0 Å². The van der Waals surface area contributed by atoms with E-state index in [1.54, 1.807) is 13.1 Å². The van der Waals surface area contributed by atoms with E-state index in [1.807, 2.05) is 24.3 Å². The van der Waals surface area contributed by atoms with Gasteiger partial charge in [-0.25, -0.2) is 4.79 Å². The summed E-state index contributed by atoms with van der Waals surface area (Å²) in [6, 6.07) is 7.69. The number of aromatic nitrogens is 1. The van der Waals surface area contributed by atoms with Gasteiger partial charge >= 0.3 is 5.97 Å². The minimum Gasteiger partial charge on any atom is -0.462 e. The van der Waals surface area contributed by atoms with E-state index in [1.165, 1.54) is 0 Å². The Balaban J connectivity index is 2.66. The predicted octanol–water partition coefficient (Wildman–Crippen LogP) is 4.20. The molecule has 0 aliphatic carbocycles. The fraction of sp³-hybridized carbons (Fsp3) is 0.231. The van der Waals surface area contributed by atoms with Gasteiger partial charge in [0, 0.05) is 17.1 Å². The number of carbonyl (C=O) groups excluding carboxylic acids is 1. The molecule has 94 valence electrons. The van der Waals surface area contributed by atoms with Crippen molar-refractivity contribution in [3.05, 3.63) is 41.6 Å². The Kier molecular flexibility index (Phi) is 4.35. The second-order valence-corrected chi connectivity index (χ2v) is 6.68. The van der Waals surface area contributed by atoms with Crippen molar-refractivity contribution in [2.45, 2.75) is 10.7 Å². The first-order valence-electron chi connectivity index (χ1n) is 5.48. The maximum Gasteiger partial charge on any atom is 0.340 e. The van der Waals surface area contributed by atoms with Crippen LogP contribution in [0.3, 0.4) is 0 Å². The quantitative estimate of drug-likeness (QED) is 0.598. The molecule has 2 aromatic rings. The summed E-state index contributed by atoms with van der Waals surface area (Å²) in [4.78, 5) is 16.2. The number of ether oxygens (including phenoxy) is 1. The zero-order chi connectivity index (χ0) is 13.1. The second-order valence-electron chi connectivity index (χ2n) is 3.62. The molecule has 0 amide bonds. The molecule has 5 heteroatoms. The molecule has 0 aliphatic rings. The van der Waals surface area contributed by atoms with Crippen molar-refractivity contribution >= 4 is 48.7 Å². The van der Waals surface area contributed by atoms with Gasteiger partial charge in [-0.1, -0.05) is 50.1 Å². The topological polar surface area (TPSA) is 39.2 Å². The lowest BCUT2D eigenvalue weighted by Crippen LogP contribution is -2.09. The highest BCUT2D eigenvalue weighted by molar-refractivity contribution is 9.24. The highest BCUT2D eigenvalue weighted by atomic mass is 79.9. The van der Waals surface area contributed by atoms with Gasteiger partial charge in [0.1, 0.15) is 0 Å². The first-order chi connectivity index (χ1) is 8.65. The van der Waals surface area contributed by atoms with Gasteiger partial charge in [0.2, 0.25) is 0 Å². The van der Waals surface area contributed by atoms with Crippen LogP contribution in [0.1, 0.15) is 26.6 Å². The Morgan fingerprint density at radius 3 is 2.78 bits per heavy atom. The van der Waals surface area contributed by atoms with E-state index in [0.29, 0.717) is 12.2 Å². The van der Waals surface area contributed by atoms with Crippen molar-refractivity contribution in [1.82, 2.24) is 4.98 Å². The molecule has 0 fully saturated rings. The van der Waals surface area contributed by atoms with E-state index in [9.17, 15) is 4.79 Å². The number of para-hydroxylation sites is 1. The SMILES string of the molecule is CCOC(=O)c1cnc2ccccc2c1C(Br)Br. The number of benzene rings is 1. The lowest BCUT2D eigenvalue weighted by Gasteiger charge is -2.12. The van der Waals surface area contributed by atoms with Gasteiger partial charge in [0.25, 0.3) is 0 Å². The zero-order valence-electron chi connectivity index (χ0n) is 9.69. The number of pyridine rings is 1. The number of hydrogen-bond acceptors (Lipinski definition) is 3. The van der Waals surface area contributed by atoms with Crippen LogP contribution in [-0.4, -0.2) is 17.6 Å². The van der Waals surface area contributed by atoms with E-state index in [4.69, 9.17) is 4.74 Å². The molecule has 1 aromatic heterocycles. The molecule has 0 bridgehead atoms. The minimum atomic E-state index is -0.352. The fourth-order valence-corrected chi connectivity index (χ4v) is 2.76. The normalized spacial score (nSPS) is 10.9. The first kappa shape index (κ1) is 13.5. The van der Waals surface area contributed by atoms with E-state index in [2.05, 4.69) is 36.8 Å². The third kappa shape index (κ3) is 2.57. The Hall–Kier alpha value is -0.940. The molecule has 0 aliphatic heterocycles. The van der Waals surface area contributed by atoms with Gasteiger partial charge in [-0.2, -0.15) is 0 Å². The van der Waals surface area contributed by atoms with Crippen LogP contribution in [0, 0.1) is 0 Å². The molecule has 0 N–H and O–H groups in total. The summed E-state index contributed by atoms with van der Waals surface area (Å²) in [6.07, 6.45) is 1.56. The van der Waals surface area contributed by atoms with Crippen LogP contribution in [0.4, 0.5) is 0 Å².